The van der Waals surface area contributed by atoms with Gasteiger partial charge in [0, 0.05) is 25.5 Å². The van der Waals surface area contributed by atoms with Gasteiger partial charge in [-0.2, -0.15) is 5.26 Å². The van der Waals surface area contributed by atoms with Crippen LogP contribution in [0.3, 0.4) is 0 Å². The van der Waals surface area contributed by atoms with Crippen molar-refractivity contribution in [2.45, 2.75) is 32.2 Å². The molecule has 2 heterocycles. The summed E-state index contributed by atoms with van der Waals surface area (Å²) in [5.41, 5.74) is 10.4. The van der Waals surface area contributed by atoms with Crippen LogP contribution in [0, 0.1) is 11.3 Å². The number of rotatable bonds is 3. The fraction of sp³-hybridized carbons (Fsp3) is 0.538. The molecule has 0 aromatic carbocycles. The SMILES string of the molecule is CCC(N)C(N)=O.N#Cc1nccnc1N1CCCC1. The van der Waals surface area contributed by atoms with Gasteiger partial charge >= 0.3 is 0 Å². The van der Waals surface area contributed by atoms with E-state index in [4.69, 9.17) is 16.7 Å². The van der Waals surface area contributed by atoms with Gasteiger partial charge in [-0.25, -0.2) is 9.97 Å². The monoisotopic (exact) mass is 276 g/mol. The molecule has 0 aliphatic carbocycles. The van der Waals surface area contributed by atoms with Crippen molar-refractivity contribution in [1.29, 1.82) is 5.26 Å². The lowest BCUT2D eigenvalue weighted by molar-refractivity contribution is -0.119. The van der Waals surface area contributed by atoms with Gasteiger partial charge in [0.15, 0.2) is 11.5 Å². The fourth-order valence-electron chi connectivity index (χ4n) is 1.77. The maximum Gasteiger partial charge on any atom is 0.234 e. The Hall–Kier alpha value is -2.20. The maximum absolute atomic E-state index is 10.0. The lowest BCUT2D eigenvalue weighted by atomic mass is 10.2. The third-order valence-corrected chi connectivity index (χ3v) is 3.00. The second-order valence-corrected chi connectivity index (χ2v) is 4.45. The summed E-state index contributed by atoms with van der Waals surface area (Å²) in [6.45, 7) is 3.80. The highest BCUT2D eigenvalue weighted by atomic mass is 16.1. The largest absolute Gasteiger partial charge is 0.368 e. The average Bonchev–Trinajstić information content (AvgIpc) is 3.01. The van der Waals surface area contributed by atoms with Crippen molar-refractivity contribution in [2.75, 3.05) is 18.0 Å². The van der Waals surface area contributed by atoms with Crippen LogP contribution in [0.4, 0.5) is 5.82 Å². The van der Waals surface area contributed by atoms with Crippen LogP contribution in [-0.2, 0) is 4.79 Å². The minimum atomic E-state index is -0.458. The summed E-state index contributed by atoms with van der Waals surface area (Å²) in [6, 6.07) is 1.60. The van der Waals surface area contributed by atoms with Gasteiger partial charge in [0.05, 0.1) is 6.04 Å². The lowest BCUT2D eigenvalue weighted by Crippen LogP contribution is -2.35. The molecule has 1 aromatic rings. The highest BCUT2D eigenvalue weighted by Gasteiger charge is 2.17. The summed E-state index contributed by atoms with van der Waals surface area (Å²) in [5.74, 6) is 0.310. The number of anilines is 1. The molecule has 0 radical (unpaired) electrons. The summed E-state index contributed by atoms with van der Waals surface area (Å²) >= 11 is 0. The summed E-state index contributed by atoms with van der Waals surface area (Å²) in [6.07, 6.45) is 6.17. The first-order valence-corrected chi connectivity index (χ1v) is 6.61. The Morgan fingerprint density at radius 2 is 2.05 bits per heavy atom. The van der Waals surface area contributed by atoms with Gasteiger partial charge in [-0.1, -0.05) is 6.92 Å². The molecule has 1 fully saturated rings. The van der Waals surface area contributed by atoms with Gasteiger partial charge < -0.3 is 16.4 Å². The van der Waals surface area contributed by atoms with Crippen LogP contribution in [0.25, 0.3) is 0 Å². The van der Waals surface area contributed by atoms with E-state index in [1.165, 1.54) is 12.8 Å². The number of nitrogens with zero attached hydrogens (tertiary/aromatic N) is 4. The Morgan fingerprint density at radius 3 is 2.50 bits per heavy atom. The first kappa shape index (κ1) is 15.9. The third-order valence-electron chi connectivity index (χ3n) is 3.00. The molecular weight excluding hydrogens is 256 g/mol. The zero-order valence-corrected chi connectivity index (χ0v) is 11.6. The van der Waals surface area contributed by atoms with Crippen LogP contribution in [0.5, 0.6) is 0 Å². The smallest absolute Gasteiger partial charge is 0.234 e. The van der Waals surface area contributed by atoms with Gasteiger partial charge in [0.2, 0.25) is 5.91 Å². The van der Waals surface area contributed by atoms with E-state index in [0.717, 1.165) is 18.9 Å². The molecule has 0 saturated carbocycles. The first-order valence-electron chi connectivity index (χ1n) is 6.61. The van der Waals surface area contributed by atoms with Crippen molar-refractivity contribution < 1.29 is 4.79 Å². The molecule has 1 amide bonds. The lowest BCUT2D eigenvalue weighted by Gasteiger charge is -2.15. The van der Waals surface area contributed by atoms with Gasteiger partial charge in [-0.3, -0.25) is 4.79 Å². The number of nitriles is 1. The van der Waals surface area contributed by atoms with E-state index in [-0.39, 0.29) is 0 Å². The second kappa shape index (κ2) is 8.07. The second-order valence-electron chi connectivity index (χ2n) is 4.45. The average molecular weight is 276 g/mol. The van der Waals surface area contributed by atoms with E-state index in [1.54, 1.807) is 12.4 Å². The molecule has 1 aromatic heterocycles. The van der Waals surface area contributed by atoms with E-state index < -0.39 is 11.9 Å². The highest BCUT2D eigenvalue weighted by molar-refractivity contribution is 5.79. The number of hydrogen-bond acceptors (Lipinski definition) is 6. The van der Waals surface area contributed by atoms with Crippen molar-refractivity contribution in [1.82, 2.24) is 9.97 Å². The van der Waals surface area contributed by atoms with Gasteiger partial charge in [-0.05, 0) is 19.3 Å². The van der Waals surface area contributed by atoms with Crippen LogP contribution < -0.4 is 16.4 Å². The number of carbonyl (C=O) groups is 1. The molecule has 7 nitrogen and oxygen atoms in total. The van der Waals surface area contributed by atoms with Gasteiger partial charge in [0.1, 0.15) is 6.07 Å². The minimum Gasteiger partial charge on any atom is -0.368 e. The van der Waals surface area contributed by atoms with Gasteiger partial charge in [-0.15, -0.1) is 0 Å². The molecule has 7 heteroatoms. The normalized spacial score (nSPS) is 14.9. The minimum absolute atomic E-state index is 0.428. The zero-order valence-electron chi connectivity index (χ0n) is 11.6. The molecule has 20 heavy (non-hydrogen) atoms. The molecule has 2 rings (SSSR count). The summed E-state index contributed by atoms with van der Waals surface area (Å²) in [5, 5.41) is 8.80. The predicted octanol–water partition coefficient (Wildman–Crippen LogP) is 0.157. The van der Waals surface area contributed by atoms with E-state index in [1.807, 2.05) is 6.92 Å². The quantitative estimate of drug-likeness (QED) is 0.810. The van der Waals surface area contributed by atoms with Crippen molar-refractivity contribution >= 4 is 11.7 Å². The summed E-state index contributed by atoms with van der Waals surface area (Å²) in [7, 11) is 0. The Kier molecular flexibility index (Phi) is 6.40. The van der Waals surface area contributed by atoms with Crippen molar-refractivity contribution in [3.63, 3.8) is 0 Å². The molecule has 4 N–H and O–H groups in total. The molecule has 1 saturated heterocycles. The first-order chi connectivity index (χ1) is 9.60. The Bertz CT molecular complexity index is 478. The number of carbonyl (C=O) groups excluding carboxylic acids is 1. The molecule has 0 bridgehead atoms. The fourth-order valence-corrected chi connectivity index (χ4v) is 1.77. The van der Waals surface area contributed by atoms with Crippen molar-refractivity contribution in [2.24, 2.45) is 11.5 Å². The van der Waals surface area contributed by atoms with Crippen molar-refractivity contribution in [3.8, 4) is 6.07 Å². The maximum atomic E-state index is 10.0. The number of hydrogen-bond donors (Lipinski definition) is 2. The topological polar surface area (TPSA) is 122 Å². The molecule has 1 aliphatic rings. The molecule has 108 valence electrons. The van der Waals surface area contributed by atoms with E-state index >= 15 is 0 Å². The number of primary amides is 1. The third kappa shape index (κ3) is 4.48. The Morgan fingerprint density at radius 1 is 1.45 bits per heavy atom. The Balaban J connectivity index is 0.000000246. The van der Waals surface area contributed by atoms with Crippen LogP contribution in [0.2, 0.25) is 0 Å². The summed E-state index contributed by atoms with van der Waals surface area (Å²) in [4.78, 5) is 20.3. The van der Waals surface area contributed by atoms with Crippen LogP contribution in [-0.4, -0.2) is 35.0 Å². The number of nitrogens with two attached hydrogens (primary N) is 2. The number of amides is 1. The molecule has 1 unspecified atom stereocenters. The van der Waals surface area contributed by atoms with Crippen molar-refractivity contribution in [3.05, 3.63) is 18.1 Å². The Labute approximate surface area is 118 Å². The standard InChI is InChI=1S/C9H10N4.C4H10N2O/c10-7-8-9(12-4-3-11-8)13-5-1-2-6-13;1-2-3(5)4(6)7/h3-4H,1-2,5-6H2;3H,2,5H2,1H3,(H2,6,7). The van der Waals surface area contributed by atoms with Crippen LogP contribution in [0.1, 0.15) is 31.9 Å². The van der Waals surface area contributed by atoms with Gasteiger partial charge in [0.25, 0.3) is 0 Å². The van der Waals surface area contributed by atoms with E-state index in [0.29, 0.717) is 12.1 Å². The molecule has 0 spiro atoms. The molecule has 1 aliphatic heterocycles. The summed E-state index contributed by atoms with van der Waals surface area (Å²) < 4.78 is 0. The number of aromatic nitrogens is 2. The highest BCUT2D eigenvalue weighted by Crippen LogP contribution is 2.19. The van der Waals surface area contributed by atoms with E-state index in [9.17, 15) is 4.79 Å². The molecule has 1 atom stereocenters. The van der Waals surface area contributed by atoms with Crippen LogP contribution >= 0.6 is 0 Å². The van der Waals surface area contributed by atoms with E-state index in [2.05, 4.69) is 20.9 Å². The zero-order chi connectivity index (χ0) is 15.0. The molecular formula is C13H20N6O. The predicted molar refractivity (Wildman–Crippen MR) is 75.7 cm³/mol. The van der Waals surface area contributed by atoms with Crippen LogP contribution in [0.15, 0.2) is 12.4 Å².